The van der Waals surface area contributed by atoms with Gasteiger partial charge in [-0.15, -0.1) is 0 Å². The molecule has 0 fully saturated rings. The number of halogens is 2. The number of phenols is 1. The molecule has 1 aromatic carbocycles. The van der Waals surface area contributed by atoms with Gasteiger partial charge in [-0.25, -0.2) is 4.39 Å². The van der Waals surface area contributed by atoms with Gasteiger partial charge in [-0.1, -0.05) is 0 Å². The van der Waals surface area contributed by atoms with E-state index in [0.29, 0.717) is 12.1 Å². The average Bonchev–Trinajstić information content (AvgIpc) is 2.22. The SMILES string of the molecule is NC(=O)C(O)C(O)c1cc(O)c(F)c(F)c1. The van der Waals surface area contributed by atoms with Crippen molar-refractivity contribution in [2.24, 2.45) is 5.73 Å². The van der Waals surface area contributed by atoms with E-state index >= 15 is 0 Å². The summed E-state index contributed by atoms with van der Waals surface area (Å²) >= 11 is 0. The summed E-state index contributed by atoms with van der Waals surface area (Å²) in [6, 6.07) is 1.24. The minimum absolute atomic E-state index is 0.359. The maximum absolute atomic E-state index is 12.8. The second kappa shape index (κ2) is 4.42. The van der Waals surface area contributed by atoms with E-state index in [1.807, 2.05) is 0 Å². The van der Waals surface area contributed by atoms with Gasteiger partial charge in [0.1, 0.15) is 6.10 Å². The van der Waals surface area contributed by atoms with Gasteiger partial charge >= 0.3 is 0 Å². The minimum atomic E-state index is -1.97. The Bertz CT molecular complexity index is 401. The molecule has 0 spiro atoms. The normalized spacial score (nSPS) is 14.5. The third kappa shape index (κ3) is 2.26. The Labute approximate surface area is 88.7 Å². The predicted molar refractivity (Wildman–Crippen MR) is 48.2 cm³/mol. The zero-order chi connectivity index (χ0) is 12.5. The second-order valence-electron chi connectivity index (χ2n) is 3.13. The molecule has 5 nitrogen and oxygen atoms in total. The highest BCUT2D eigenvalue weighted by Gasteiger charge is 2.25. The molecule has 88 valence electrons. The lowest BCUT2D eigenvalue weighted by molar-refractivity contribution is -0.132. The lowest BCUT2D eigenvalue weighted by Crippen LogP contribution is -2.33. The Hall–Kier alpha value is -1.73. The van der Waals surface area contributed by atoms with Crippen LogP contribution in [0, 0.1) is 11.6 Å². The van der Waals surface area contributed by atoms with Crippen LogP contribution in [0.2, 0.25) is 0 Å². The maximum atomic E-state index is 12.8. The molecule has 5 N–H and O–H groups in total. The number of nitrogens with two attached hydrogens (primary N) is 1. The van der Waals surface area contributed by atoms with Crippen molar-refractivity contribution in [1.82, 2.24) is 0 Å². The number of aliphatic hydroxyl groups is 2. The molecule has 0 bridgehead atoms. The first kappa shape index (κ1) is 12.3. The molecule has 1 rings (SSSR count). The molecule has 16 heavy (non-hydrogen) atoms. The van der Waals surface area contributed by atoms with Crippen LogP contribution in [0.4, 0.5) is 8.78 Å². The highest BCUT2D eigenvalue weighted by Crippen LogP contribution is 2.26. The van der Waals surface area contributed by atoms with Gasteiger partial charge in [0.05, 0.1) is 0 Å². The number of hydrogen-bond acceptors (Lipinski definition) is 4. The number of rotatable bonds is 3. The van der Waals surface area contributed by atoms with Crippen molar-refractivity contribution < 1.29 is 28.9 Å². The summed E-state index contributed by atoms with van der Waals surface area (Å²) in [5.74, 6) is -5.15. The van der Waals surface area contributed by atoms with Gasteiger partial charge in [0, 0.05) is 0 Å². The number of phenolic OH excluding ortho intramolecular Hbond substituents is 1. The van der Waals surface area contributed by atoms with Gasteiger partial charge in [-0.2, -0.15) is 4.39 Å². The molecule has 0 aliphatic rings. The van der Waals surface area contributed by atoms with E-state index < -0.39 is 35.5 Å². The molecular weight excluding hydrogens is 224 g/mol. The summed E-state index contributed by atoms with van der Waals surface area (Å²) in [6.45, 7) is 0. The average molecular weight is 233 g/mol. The van der Waals surface area contributed by atoms with Crippen LogP contribution in [-0.4, -0.2) is 27.3 Å². The van der Waals surface area contributed by atoms with E-state index in [-0.39, 0.29) is 5.56 Å². The van der Waals surface area contributed by atoms with Gasteiger partial charge in [-0.3, -0.25) is 4.79 Å². The molecule has 2 atom stereocenters. The van der Waals surface area contributed by atoms with E-state index in [9.17, 15) is 18.7 Å². The number of benzene rings is 1. The zero-order valence-corrected chi connectivity index (χ0v) is 7.89. The van der Waals surface area contributed by atoms with E-state index in [1.54, 1.807) is 0 Å². The lowest BCUT2D eigenvalue weighted by atomic mass is 10.0. The number of carbonyl (C=O) groups excluding carboxylic acids is 1. The molecule has 0 aromatic heterocycles. The molecule has 2 unspecified atom stereocenters. The second-order valence-corrected chi connectivity index (χ2v) is 3.13. The summed E-state index contributed by atoms with van der Waals surface area (Å²) < 4.78 is 25.5. The molecule has 0 aliphatic carbocycles. The molecule has 0 radical (unpaired) electrons. The van der Waals surface area contributed by atoms with Gasteiger partial charge in [-0.05, 0) is 17.7 Å². The van der Waals surface area contributed by atoms with Crippen molar-refractivity contribution in [1.29, 1.82) is 0 Å². The fraction of sp³-hybridized carbons (Fsp3) is 0.222. The smallest absolute Gasteiger partial charge is 0.249 e. The van der Waals surface area contributed by atoms with E-state index in [0.717, 1.165) is 0 Å². The van der Waals surface area contributed by atoms with E-state index in [1.165, 1.54) is 0 Å². The molecule has 0 heterocycles. The van der Waals surface area contributed by atoms with Gasteiger partial charge < -0.3 is 21.1 Å². The van der Waals surface area contributed by atoms with Crippen molar-refractivity contribution in [3.8, 4) is 5.75 Å². The van der Waals surface area contributed by atoms with Crippen LogP contribution in [0.5, 0.6) is 5.75 Å². The first-order valence-electron chi connectivity index (χ1n) is 4.18. The first-order chi connectivity index (χ1) is 7.34. The number of aromatic hydroxyl groups is 1. The highest BCUT2D eigenvalue weighted by atomic mass is 19.2. The Kier molecular flexibility index (Phi) is 3.41. The molecular formula is C9H9F2NO4. The quantitative estimate of drug-likeness (QED) is 0.567. The molecule has 1 aromatic rings. The van der Waals surface area contributed by atoms with Crippen molar-refractivity contribution in [3.63, 3.8) is 0 Å². The standard InChI is InChI=1S/C9H9F2NO4/c10-4-1-3(2-5(13)6(4)11)7(14)8(15)9(12)16/h1-2,7-8,13-15H,(H2,12,16). The maximum Gasteiger partial charge on any atom is 0.249 e. The third-order valence-electron chi connectivity index (χ3n) is 1.96. The lowest BCUT2D eigenvalue weighted by Gasteiger charge is -2.15. The number of aliphatic hydroxyl groups excluding tert-OH is 2. The van der Waals surface area contributed by atoms with Crippen LogP contribution in [-0.2, 0) is 4.79 Å². The Balaban J connectivity index is 3.10. The van der Waals surface area contributed by atoms with Crippen molar-refractivity contribution >= 4 is 5.91 Å². The van der Waals surface area contributed by atoms with Crippen molar-refractivity contribution in [2.75, 3.05) is 0 Å². The Morgan fingerprint density at radius 2 is 1.88 bits per heavy atom. The summed E-state index contributed by atoms with van der Waals surface area (Å²) in [5.41, 5.74) is 4.34. The van der Waals surface area contributed by atoms with Crippen LogP contribution in [0.15, 0.2) is 12.1 Å². The highest BCUT2D eigenvalue weighted by molar-refractivity contribution is 5.79. The predicted octanol–water partition coefficient (Wildman–Crippen LogP) is -0.450. The summed E-state index contributed by atoms with van der Waals surface area (Å²) in [7, 11) is 0. The van der Waals surface area contributed by atoms with Crippen molar-refractivity contribution in [2.45, 2.75) is 12.2 Å². The van der Waals surface area contributed by atoms with E-state index in [2.05, 4.69) is 0 Å². The van der Waals surface area contributed by atoms with Crippen LogP contribution >= 0.6 is 0 Å². The minimum Gasteiger partial charge on any atom is -0.505 e. The fourth-order valence-corrected chi connectivity index (χ4v) is 1.10. The van der Waals surface area contributed by atoms with Crippen LogP contribution in [0.25, 0.3) is 0 Å². The fourth-order valence-electron chi connectivity index (χ4n) is 1.10. The largest absolute Gasteiger partial charge is 0.505 e. The van der Waals surface area contributed by atoms with Crippen molar-refractivity contribution in [3.05, 3.63) is 29.3 Å². The number of primary amides is 1. The number of carbonyl (C=O) groups is 1. The van der Waals surface area contributed by atoms with Gasteiger partial charge in [0.2, 0.25) is 5.91 Å². The molecule has 7 heteroatoms. The molecule has 0 saturated heterocycles. The molecule has 0 aliphatic heterocycles. The summed E-state index contributed by atoms with van der Waals surface area (Å²) in [5, 5.41) is 27.4. The zero-order valence-electron chi connectivity index (χ0n) is 7.89. The van der Waals surface area contributed by atoms with Crippen LogP contribution in [0.3, 0.4) is 0 Å². The molecule has 1 amide bonds. The monoisotopic (exact) mass is 233 g/mol. The van der Waals surface area contributed by atoms with Crippen LogP contribution < -0.4 is 5.73 Å². The number of hydrogen-bond donors (Lipinski definition) is 4. The van der Waals surface area contributed by atoms with E-state index in [4.69, 9.17) is 15.9 Å². The first-order valence-corrected chi connectivity index (χ1v) is 4.18. The summed E-state index contributed by atoms with van der Waals surface area (Å²) in [6.07, 6.45) is -3.80. The Morgan fingerprint density at radius 3 is 2.31 bits per heavy atom. The van der Waals surface area contributed by atoms with Crippen LogP contribution in [0.1, 0.15) is 11.7 Å². The third-order valence-corrected chi connectivity index (χ3v) is 1.96. The van der Waals surface area contributed by atoms with Gasteiger partial charge in [0.25, 0.3) is 0 Å². The number of amides is 1. The molecule has 0 saturated carbocycles. The van der Waals surface area contributed by atoms with Gasteiger partial charge in [0.15, 0.2) is 23.5 Å². The Morgan fingerprint density at radius 1 is 1.31 bits per heavy atom. The topological polar surface area (TPSA) is 104 Å². The summed E-state index contributed by atoms with van der Waals surface area (Å²) in [4.78, 5) is 10.5.